The van der Waals surface area contributed by atoms with Gasteiger partial charge in [0.25, 0.3) is 0 Å². The Kier molecular flexibility index (Phi) is 4.06. The highest BCUT2D eigenvalue weighted by Gasteiger charge is 2.30. The molecular formula is C12H16N2O5. The molecule has 1 aliphatic rings. The Morgan fingerprint density at radius 3 is 3.00 bits per heavy atom. The number of urea groups is 1. The van der Waals surface area contributed by atoms with Crippen molar-refractivity contribution in [3.05, 3.63) is 24.2 Å². The van der Waals surface area contributed by atoms with Crippen molar-refractivity contribution in [2.45, 2.75) is 12.6 Å². The lowest BCUT2D eigenvalue weighted by molar-refractivity contribution is -0.154. The van der Waals surface area contributed by atoms with Crippen LogP contribution in [-0.2, 0) is 16.1 Å². The molecule has 1 fully saturated rings. The molecule has 1 aliphatic heterocycles. The lowest BCUT2D eigenvalue weighted by Crippen LogP contribution is -2.51. The fraction of sp³-hybridized carbons (Fsp3) is 0.500. The topological polar surface area (TPSA) is 83.2 Å². The third-order valence-corrected chi connectivity index (χ3v) is 2.91. The lowest BCUT2D eigenvalue weighted by atomic mass is 10.3. The van der Waals surface area contributed by atoms with Gasteiger partial charge in [-0.25, -0.2) is 9.59 Å². The second-order valence-corrected chi connectivity index (χ2v) is 4.36. The van der Waals surface area contributed by atoms with E-state index in [0.29, 0.717) is 18.8 Å². The van der Waals surface area contributed by atoms with Crippen LogP contribution in [-0.4, -0.2) is 59.8 Å². The number of carboxylic acid groups (broad SMARTS) is 1. The Hall–Kier alpha value is -2.02. The van der Waals surface area contributed by atoms with Crippen LogP contribution in [0.2, 0.25) is 0 Å². The van der Waals surface area contributed by atoms with Gasteiger partial charge < -0.3 is 24.1 Å². The molecule has 2 heterocycles. The van der Waals surface area contributed by atoms with E-state index in [1.54, 1.807) is 25.4 Å². The van der Waals surface area contributed by atoms with E-state index in [9.17, 15) is 9.59 Å². The summed E-state index contributed by atoms with van der Waals surface area (Å²) in [7, 11) is 1.65. The minimum Gasteiger partial charge on any atom is -0.479 e. The average molecular weight is 268 g/mol. The largest absolute Gasteiger partial charge is 0.479 e. The molecule has 7 nitrogen and oxygen atoms in total. The smallest absolute Gasteiger partial charge is 0.334 e. The lowest BCUT2D eigenvalue weighted by Gasteiger charge is -2.33. The van der Waals surface area contributed by atoms with Gasteiger partial charge >= 0.3 is 12.0 Å². The molecule has 104 valence electrons. The summed E-state index contributed by atoms with van der Waals surface area (Å²) in [6.45, 7) is 1.04. The SMILES string of the molecule is CN(Cc1ccco1)C(=O)N1CCOC(C(=O)O)C1. The normalized spacial score (nSPS) is 19.2. The van der Waals surface area contributed by atoms with E-state index in [1.165, 1.54) is 9.80 Å². The van der Waals surface area contributed by atoms with E-state index < -0.39 is 12.1 Å². The van der Waals surface area contributed by atoms with Crippen molar-refractivity contribution in [1.82, 2.24) is 9.80 Å². The summed E-state index contributed by atoms with van der Waals surface area (Å²) < 4.78 is 10.2. The van der Waals surface area contributed by atoms with Crippen LogP contribution in [0.1, 0.15) is 5.76 Å². The first-order chi connectivity index (χ1) is 9.08. The van der Waals surface area contributed by atoms with Gasteiger partial charge in [-0.05, 0) is 12.1 Å². The summed E-state index contributed by atoms with van der Waals surface area (Å²) in [6.07, 6.45) is 0.595. The van der Waals surface area contributed by atoms with Crippen LogP contribution in [0.3, 0.4) is 0 Å². The van der Waals surface area contributed by atoms with Crippen molar-refractivity contribution in [2.75, 3.05) is 26.7 Å². The first-order valence-electron chi connectivity index (χ1n) is 5.94. The van der Waals surface area contributed by atoms with Crippen molar-refractivity contribution in [1.29, 1.82) is 0 Å². The zero-order chi connectivity index (χ0) is 13.8. The number of nitrogens with zero attached hydrogens (tertiary/aromatic N) is 2. The fourth-order valence-corrected chi connectivity index (χ4v) is 1.92. The molecule has 0 aromatic carbocycles. The highest BCUT2D eigenvalue weighted by atomic mass is 16.5. The molecule has 7 heteroatoms. The van der Waals surface area contributed by atoms with Gasteiger partial charge in [-0.15, -0.1) is 0 Å². The van der Waals surface area contributed by atoms with E-state index in [2.05, 4.69) is 0 Å². The predicted molar refractivity (Wildman–Crippen MR) is 64.5 cm³/mol. The first-order valence-corrected chi connectivity index (χ1v) is 5.94. The number of ether oxygens (including phenoxy) is 1. The number of carbonyl (C=O) groups excluding carboxylic acids is 1. The molecule has 1 aromatic heterocycles. The minimum atomic E-state index is -1.05. The highest BCUT2D eigenvalue weighted by Crippen LogP contribution is 2.10. The van der Waals surface area contributed by atoms with Crippen LogP contribution < -0.4 is 0 Å². The monoisotopic (exact) mass is 268 g/mol. The standard InChI is InChI=1S/C12H16N2O5/c1-13(7-9-3-2-5-18-9)12(17)14-4-6-19-10(8-14)11(15)16/h2-3,5,10H,4,6-8H2,1H3,(H,15,16). The molecule has 1 saturated heterocycles. The van der Waals surface area contributed by atoms with Crippen molar-refractivity contribution in [2.24, 2.45) is 0 Å². The van der Waals surface area contributed by atoms with E-state index >= 15 is 0 Å². The number of furan rings is 1. The van der Waals surface area contributed by atoms with Crippen LogP contribution in [0, 0.1) is 0 Å². The zero-order valence-corrected chi connectivity index (χ0v) is 10.6. The van der Waals surface area contributed by atoms with E-state index in [0.717, 1.165) is 0 Å². The molecular weight excluding hydrogens is 252 g/mol. The minimum absolute atomic E-state index is 0.0661. The third-order valence-electron chi connectivity index (χ3n) is 2.91. The second-order valence-electron chi connectivity index (χ2n) is 4.36. The number of amides is 2. The van der Waals surface area contributed by atoms with Crippen molar-refractivity contribution in [3.8, 4) is 0 Å². The van der Waals surface area contributed by atoms with Gasteiger partial charge in [-0.3, -0.25) is 0 Å². The molecule has 2 rings (SSSR count). The summed E-state index contributed by atoms with van der Waals surface area (Å²) in [6, 6.07) is 3.30. The molecule has 0 spiro atoms. The van der Waals surface area contributed by atoms with Gasteiger partial charge in [0.2, 0.25) is 0 Å². The van der Waals surface area contributed by atoms with Crippen molar-refractivity contribution < 1.29 is 23.8 Å². The van der Waals surface area contributed by atoms with E-state index in [4.69, 9.17) is 14.3 Å². The average Bonchev–Trinajstić information content (AvgIpc) is 2.90. The summed E-state index contributed by atoms with van der Waals surface area (Å²) >= 11 is 0. The Bertz CT molecular complexity index is 445. The summed E-state index contributed by atoms with van der Waals surface area (Å²) in [5.74, 6) is -0.370. The molecule has 0 saturated carbocycles. The summed E-state index contributed by atoms with van der Waals surface area (Å²) in [5, 5.41) is 8.89. The number of morpholine rings is 1. The first kappa shape index (κ1) is 13.4. The molecule has 1 atom stereocenters. The zero-order valence-electron chi connectivity index (χ0n) is 10.6. The van der Waals surface area contributed by atoms with Gasteiger partial charge in [0, 0.05) is 13.6 Å². The van der Waals surface area contributed by atoms with Gasteiger partial charge in [0.1, 0.15) is 5.76 Å². The number of rotatable bonds is 3. The molecule has 2 amide bonds. The fourth-order valence-electron chi connectivity index (χ4n) is 1.92. The Morgan fingerprint density at radius 1 is 1.58 bits per heavy atom. The summed E-state index contributed by atoms with van der Waals surface area (Å²) in [5.41, 5.74) is 0. The van der Waals surface area contributed by atoms with Crippen LogP contribution in [0.4, 0.5) is 4.79 Å². The van der Waals surface area contributed by atoms with E-state index in [-0.39, 0.29) is 19.2 Å². The maximum atomic E-state index is 12.2. The van der Waals surface area contributed by atoms with Crippen LogP contribution in [0.25, 0.3) is 0 Å². The predicted octanol–water partition coefficient (Wildman–Crippen LogP) is 0.617. The molecule has 1 aromatic rings. The Labute approximate surface area is 110 Å². The number of hydrogen-bond donors (Lipinski definition) is 1. The molecule has 19 heavy (non-hydrogen) atoms. The number of hydrogen-bond acceptors (Lipinski definition) is 4. The maximum absolute atomic E-state index is 12.2. The van der Waals surface area contributed by atoms with Crippen molar-refractivity contribution in [3.63, 3.8) is 0 Å². The Balaban J connectivity index is 1.93. The molecule has 1 N–H and O–H groups in total. The summed E-state index contributed by atoms with van der Waals surface area (Å²) in [4.78, 5) is 26.0. The number of carbonyl (C=O) groups is 2. The van der Waals surface area contributed by atoms with Gasteiger partial charge in [-0.1, -0.05) is 0 Å². The molecule has 0 bridgehead atoms. The van der Waals surface area contributed by atoms with Gasteiger partial charge in [-0.2, -0.15) is 0 Å². The quantitative estimate of drug-likeness (QED) is 0.868. The van der Waals surface area contributed by atoms with Crippen molar-refractivity contribution >= 4 is 12.0 Å². The Morgan fingerprint density at radius 2 is 2.37 bits per heavy atom. The van der Waals surface area contributed by atoms with Crippen LogP contribution in [0.5, 0.6) is 0 Å². The van der Waals surface area contributed by atoms with Crippen LogP contribution >= 0.6 is 0 Å². The van der Waals surface area contributed by atoms with Gasteiger partial charge in [0.05, 0.1) is 26.0 Å². The highest BCUT2D eigenvalue weighted by molar-refractivity contribution is 5.77. The van der Waals surface area contributed by atoms with E-state index in [1.807, 2.05) is 0 Å². The maximum Gasteiger partial charge on any atom is 0.334 e. The molecule has 1 unspecified atom stereocenters. The van der Waals surface area contributed by atoms with Crippen LogP contribution in [0.15, 0.2) is 22.8 Å². The number of carboxylic acids is 1. The second kappa shape index (κ2) is 5.75. The molecule has 0 radical (unpaired) electrons. The third kappa shape index (κ3) is 3.25. The number of aliphatic carboxylic acids is 1. The molecule has 0 aliphatic carbocycles. The van der Waals surface area contributed by atoms with Gasteiger partial charge in [0.15, 0.2) is 6.10 Å².